The lowest BCUT2D eigenvalue weighted by Crippen LogP contribution is -2.14. The van der Waals surface area contributed by atoms with Crippen molar-refractivity contribution in [1.29, 1.82) is 5.26 Å². The molecular weight excluding hydrogens is 362 g/mol. The van der Waals surface area contributed by atoms with E-state index in [0.29, 0.717) is 29.2 Å². The van der Waals surface area contributed by atoms with Crippen LogP contribution in [-0.2, 0) is 4.79 Å². The number of anilines is 1. The van der Waals surface area contributed by atoms with Gasteiger partial charge in [0.2, 0.25) is 0 Å². The van der Waals surface area contributed by atoms with Crippen molar-refractivity contribution in [2.75, 3.05) is 19.0 Å². The van der Waals surface area contributed by atoms with Gasteiger partial charge in [0.1, 0.15) is 17.3 Å². The molecule has 144 valence electrons. The third kappa shape index (κ3) is 4.86. The summed E-state index contributed by atoms with van der Waals surface area (Å²) in [7, 11) is 1.49. The Morgan fingerprint density at radius 1 is 1.29 bits per heavy atom. The van der Waals surface area contributed by atoms with Gasteiger partial charge in [-0.1, -0.05) is 12.1 Å². The molecule has 0 radical (unpaired) electrons. The lowest BCUT2D eigenvalue weighted by molar-refractivity contribution is -0.384. The van der Waals surface area contributed by atoms with Gasteiger partial charge in [-0.3, -0.25) is 14.9 Å². The summed E-state index contributed by atoms with van der Waals surface area (Å²) in [5.41, 5.74) is 0.799. The van der Waals surface area contributed by atoms with E-state index in [4.69, 9.17) is 9.47 Å². The van der Waals surface area contributed by atoms with Crippen molar-refractivity contribution in [2.24, 2.45) is 0 Å². The van der Waals surface area contributed by atoms with Crippen molar-refractivity contribution >= 4 is 23.4 Å². The quantitative estimate of drug-likeness (QED) is 0.337. The highest BCUT2D eigenvalue weighted by Crippen LogP contribution is 2.29. The zero-order valence-electron chi connectivity index (χ0n) is 15.7. The molecule has 8 nitrogen and oxygen atoms in total. The molecule has 1 amide bonds. The van der Waals surface area contributed by atoms with Crippen LogP contribution < -0.4 is 14.8 Å². The fourth-order valence-electron chi connectivity index (χ4n) is 2.45. The van der Waals surface area contributed by atoms with Crippen LogP contribution in [-0.4, -0.2) is 24.5 Å². The summed E-state index contributed by atoms with van der Waals surface area (Å²) in [6.07, 6.45) is 1.37. The van der Waals surface area contributed by atoms with Crippen LogP contribution in [0.4, 0.5) is 11.4 Å². The molecule has 0 atom stereocenters. The molecule has 8 heteroatoms. The maximum absolute atomic E-state index is 12.5. The highest BCUT2D eigenvalue weighted by atomic mass is 16.6. The molecule has 0 aliphatic carbocycles. The first-order valence-electron chi connectivity index (χ1n) is 8.38. The molecule has 0 heterocycles. The first-order chi connectivity index (χ1) is 13.4. The van der Waals surface area contributed by atoms with E-state index in [1.54, 1.807) is 31.2 Å². The van der Waals surface area contributed by atoms with Gasteiger partial charge in [0.25, 0.3) is 11.6 Å². The number of amides is 1. The van der Waals surface area contributed by atoms with E-state index in [-0.39, 0.29) is 16.9 Å². The zero-order valence-corrected chi connectivity index (χ0v) is 15.7. The smallest absolute Gasteiger partial charge is 0.293 e. The zero-order chi connectivity index (χ0) is 20.7. The van der Waals surface area contributed by atoms with E-state index in [0.717, 1.165) is 0 Å². The van der Waals surface area contributed by atoms with E-state index in [9.17, 15) is 20.2 Å². The monoisotopic (exact) mass is 381 g/mol. The second-order valence-electron chi connectivity index (χ2n) is 5.74. The lowest BCUT2D eigenvalue weighted by Gasteiger charge is -2.10. The van der Waals surface area contributed by atoms with Crippen molar-refractivity contribution in [3.63, 3.8) is 0 Å². The molecule has 0 saturated carbocycles. The third-order valence-electron chi connectivity index (χ3n) is 3.76. The van der Waals surface area contributed by atoms with E-state index in [1.165, 1.54) is 25.3 Å². The Morgan fingerprint density at radius 2 is 2.04 bits per heavy atom. The summed E-state index contributed by atoms with van der Waals surface area (Å²) in [5.74, 6) is 0.255. The molecular formula is C20H19N3O5. The van der Waals surface area contributed by atoms with Gasteiger partial charge in [-0.25, -0.2) is 0 Å². The summed E-state index contributed by atoms with van der Waals surface area (Å²) in [5, 5.41) is 23.0. The lowest BCUT2D eigenvalue weighted by atomic mass is 10.1. The molecule has 0 saturated heterocycles. The summed E-state index contributed by atoms with van der Waals surface area (Å²) >= 11 is 0. The minimum atomic E-state index is -0.748. The number of carbonyl (C=O) groups is 1. The number of benzene rings is 2. The Labute approximate surface area is 162 Å². The number of hydrogen-bond acceptors (Lipinski definition) is 6. The van der Waals surface area contributed by atoms with Gasteiger partial charge in [0.15, 0.2) is 11.5 Å². The molecule has 0 spiro atoms. The average Bonchev–Trinajstić information content (AvgIpc) is 2.68. The second kappa shape index (κ2) is 9.19. The number of methoxy groups -OCH3 is 1. The van der Waals surface area contributed by atoms with Crippen LogP contribution in [0.15, 0.2) is 42.0 Å². The van der Waals surface area contributed by atoms with Crippen LogP contribution in [0.5, 0.6) is 11.5 Å². The van der Waals surface area contributed by atoms with E-state index < -0.39 is 10.8 Å². The summed E-state index contributed by atoms with van der Waals surface area (Å²) in [6, 6.07) is 11.2. The highest BCUT2D eigenvalue weighted by Gasteiger charge is 2.18. The average molecular weight is 381 g/mol. The number of nitrogens with zero attached hydrogens (tertiary/aromatic N) is 2. The summed E-state index contributed by atoms with van der Waals surface area (Å²) in [4.78, 5) is 23.1. The molecule has 28 heavy (non-hydrogen) atoms. The van der Waals surface area contributed by atoms with Crippen LogP contribution in [0.1, 0.15) is 18.1 Å². The molecule has 2 rings (SSSR count). The molecule has 0 unspecified atom stereocenters. The fourth-order valence-corrected chi connectivity index (χ4v) is 2.45. The van der Waals surface area contributed by atoms with Crippen molar-refractivity contribution in [3.8, 4) is 17.6 Å². The van der Waals surface area contributed by atoms with Crippen molar-refractivity contribution in [3.05, 3.63) is 63.2 Å². The first-order valence-corrected chi connectivity index (χ1v) is 8.38. The number of nitro groups is 1. The normalized spacial score (nSPS) is 10.7. The maximum atomic E-state index is 12.5. The van der Waals surface area contributed by atoms with Gasteiger partial charge < -0.3 is 14.8 Å². The van der Waals surface area contributed by atoms with Gasteiger partial charge in [0.05, 0.1) is 18.6 Å². The van der Waals surface area contributed by atoms with Gasteiger partial charge in [-0.2, -0.15) is 5.26 Å². The Bertz CT molecular complexity index is 976. The van der Waals surface area contributed by atoms with Crippen molar-refractivity contribution in [2.45, 2.75) is 13.8 Å². The Kier molecular flexibility index (Phi) is 6.71. The van der Waals surface area contributed by atoms with Crippen LogP contribution in [0.2, 0.25) is 0 Å². The van der Waals surface area contributed by atoms with Gasteiger partial charge in [0, 0.05) is 6.07 Å². The Hall–Kier alpha value is -3.86. The van der Waals surface area contributed by atoms with Gasteiger partial charge >= 0.3 is 0 Å². The van der Waals surface area contributed by atoms with Gasteiger partial charge in [-0.15, -0.1) is 0 Å². The molecule has 0 aliphatic heterocycles. The Balaban J connectivity index is 2.32. The maximum Gasteiger partial charge on any atom is 0.293 e. The number of rotatable bonds is 7. The highest BCUT2D eigenvalue weighted by molar-refractivity contribution is 6.10. The third-order valence-corrected chi connectivity index (χ3v) is 3.76. The number of hydrogen-bond donors (Lipinski definition) is 1. The summed E-state index contributed by atoms with van der Waals surface area (Å²) < 4.78 is 10.7. The largest absolute Gasteiger partial charge is 0.493 e. The molecule has 2 aromatic carbocycles. The number of nitrogens with one attached hydrogen (secondary N) is 1. The van der Waals surface area contributed by atoms with Gasteiger partial charge in [-0.05, 0) is 49.2 Å². The Morgan fingerprint density at radius 3 is 2.64 bits per heavy atom. The molecule has 1 N–H and O–H groups in total. The molecule has 2 aromatic rings. The van der Waals surface area contributed by atoms with Crippen LogP contribution in [0.3, 0.4) is 0 Å². The van der Waals surface area contributed by atoms with Crippen molar-refractivity contribution < 1.29 is 19.2 Å². The number of carbonyl (C=O) groups excluding carboxylic acids is 1. The minimum absolute atomic E-state index is 0.0195. The SMILES string of the molecule is CCOc1ccc(C=C(C#N)C(=O)Nc2ccc(C)cc2[N+](=O)[O-])cc1OC. The van der Waals surface area contributed by atoms with Crippen LogP contribution >= 0.6 is 0 Å². The number of aryl methyl sites for hydroxylation is 1. The standard InChI is InChI=1S/C20H19N3O5/c1-4-28-18-8-6-14(11-19(18)27-3)10-15(12-21)20(24)22-16-7-5-13(2)9-17(16)23(25)26/h5-11H,4H2,1-3H3,(H,22,24). The molecule has 0 fully saturated rings. The number of ether oxygens (including phenoxy) is 2. The second-order valence-corrected chi connectivity index (χ2v) is 5.74. The number of nitro benzene ring substituents is 1. The van der Waals surface area contributed by atoms with E-state index in [1.807, 2.05) is 13.0 Å². The predicted molar refractivity (Wildman–Crippen MR) is 104 cm³/mol. The number of nitriles is 1. The predicted octanol–water partition coefficient (Wildman–Crippen LogP) is 3.86. The minimum Gasteiger partial charge on any atom is -0.493 e. The van der Waals surface area contributed by atoms with E-state index >= 15 is 0 Å². The molecule has 0 aromatic heterocycles. The van der Waals surface area contributed by atoms with E-state index in [2.05, 4.69) is 5.32 Å². The summed E-state index contributed by atoms with van der Waals surface area (Å²) in [6.45, 7) is 4.01. The topological polar surface area (TPSA) is 114 Å². The van der Waals surface area contributed by atoms with Crippen LogP contribution in [0.25, 0.3) is 6.08 Å². The molecule has 0 aliphatic rings. The first kappa shape index (κ1) is 20.5. The molecule has 0 bridgehead atoms. The fraction of sp³-hybridized carbons (Fsp3) is 0.200. The van der Waals surface area contributed by atoms with Crippen LogP contribution in [0, 0.1) is 28.4 Å². The van der Waals surface area contributed by atoms with Crippen molar-refractivity contribution in [1.82, 2.24) is 0 Å².